The molecule has 1 N–H and O–H groups in total. The number of likely N-dealkylation sites (N-methyl/N-ethyl adjacent to an activating group) is 1. The van der Waals surface area contributed by atoms with E-state index in [9.17, 15) is 13.2 Å². The van der Waals surface area contributed by atoms with Gasteiger partial charge in [-0.25, -0.2) is 0 Å². The molecule has 0 saturated carbocycles. The summed E-state index contributed by atoms with van der Waals surface area (Å²) in [6, 6.07) is -0.207. The van der Waals surface area contributed by atoms with E-state index >= 15 is 0 Å². The first-order valence-corrected chi connectivity index (χ1v) is 4.31. The van der Waals surface area contributed by atoms with Gasteiger partial charge in [-0.05, 0) is 20.4 Å². The van der Waals surface area contributed by atoms with E-state index in [2.05, 4.69) is 5.32 Å². The Labute approximate surface area is 76.5 Å². The van der Waals surface area contributed by atoms with Crippen molar-refractivity contribution in [1.29, 1.82) is 0 Å². The second kappa shape index (κ2) is 6.21. The van der Waals surface area contributed by atoms with Crippen molar-refractivity contribution in [3.8, 4) is 0 Å². The molecule has 1 atom stereocenters. The van der Waals surface area contributed by atoms with E-state index in [1.165, 1.54) is 0 Å². The molecule has 0 heterocycles. The Bertz CT molecular complexity index is 127. The quantitative estimate of drug-likeness (QED) is 0.706. The summed E-state index contributed by atoms with van der Waals surface area (Å²) in [6.07, 6.45) is -4.76. The second-order valence-electron chi connectivity index (χ2n) is 2.80. The van der Waals surface area contributed by atoms with Gasteiger partial charge in [-0.1, -0.05) is 0 Å². The molecular formula is C8H16F3NO. The molecule has 0 aromatic carbocycles. The maximum absolute atomic E-state index is 11.8. The Morgan fingerprint density at radius 3 is 2.38 bits per heavy atom. The minimum Gasteiger partial charge on any atom is -0.380 e. The molecule has 0 saturated heterocycles. The van der Waals surface area contributed by atoms with Crippen LogP contribution in [-0.2, 0) is 4.74 Å². The van der Waals surface area contributed by atoms with Crippen LogP contribution in [0.4, 0.5) is 13.2 Å². The van der Waals surface area contributed by atoms with E-state index in [-0.39, 0.29) is 12.5 Å². The van der Waals surface area contributed by atoms with Gasteiger partial charge in [-0.15, -0.1) is 0 Å². The summed E-state index contributed by atoms with van der Waals surface area (Å²) in [5.74, 6) is 0. The van der Waals surface area contributed by atoms with E-state index in [0.717, 1.165) is 0 Å². The van der Waals surface area contributed by atoms with Crippen molar-refractivity contribution < 1.29 is 17.9 Å². The largest absolute Gasteiger partial charge is 0.389 e. The first kappa shape index (κ1) is 12.7. The normalized spacial score (nSPS) is 14.5. The summed E-state index contributed by atoms with van der Waals surface area (Å²) < 4.78 is 40.4. The smallest absolute Gasteiger partial charge is 0.380 e. The average Bonchev–Trinajstić information content (AvgIpc) is 2.03. The van der Waals surface area contributed by atoms with Gasteiger partial charge < -0.3 is 10.1 Å². The lowest BCUT2D eigenvalue weighted by Crippen LogP contribution is -2.31. The van der Waals surface area contributed by atoms with E-state index in [0.29, 0.717) is 13.2 Å². The molecule has 1 unspecified atom stereocenters. The highest BCUT2D eigenvalue weighted by molar-refractivity contribution is 4.65. The van der Waals surface area contributed by atoms with Gasteiger partial charge in [0.25, 0.3) is 0 Å². The van der Waals surface area contributed by atoms with Crippen LogP contribution >= 0.6 is 0 Å². The number of rotatable bonds is 6. The third kappa shape index (κ3) is 8.05. The van der Waals surface area contributed by atoms with Gasteiger partial charge in [-0.3, -0.25) is 0 Å². The van der Waals surface area contributed by atoms with Crippen LogP contribution in [0.25, 0.3) is 0 Å². The highest BCUT2D eigenvalue weighted by atomic mass is 19.4. The van der Waals surface area contributed by atoms with E-state index < -0.39 is 12.6 Å². The highest BCUT2D eigenvalue weighted by Gasteiger charge is 2.27. The molecule has 2 nitrogen and oxygen atoms in total. The Morgan fingerprint density at radius 1 is 1.38 bits per heavy atom. The molecule has 0 amide bonds. The fourth-order valence-electron chi connectivity index (χ4n) is 0.909. The second-order valence-corrected chi connectivity index (χ2v) is 2.80. The van der Waals surface area contributed by atoms with Crippen LogP contribution in [0.3, 0.4) is 0 Å². The standard InChI is InChI=1S/C8H16F3NO/c1-3-13-6-7(12-2)4-5-8(9,10)11/h7,12H,3-6H2,1-2H3. The zero-order valence-electron chi connectivity index (χ0n) is 7.95. The molecule has 0 aromatic rings. The third-order valence-corrected chi connectivity index (χ3v) is 1.71. The van der Waals surface area contributed by atoms with Crippen LogP contribution in [0, 0.1) is 0 Å². The van der Waals surface area contributed by atoms with Crippen LogP contribution in [0.1, 0.15) is 19.8 Å². The first-order chi connectivity index (χ1) is 5.99. The number of nitrogens with one attached hydrogen (secondary N) is 1. The van der Waals surface area contributed by atoms with Gasteiger partial charge in [0, 0.05) is 19.1 Å². The molecular weight excluding hydrogens is 183 g/mol. The third-order valence-electron chi connectivity index (χ3n) is 1.71. The van der Waals surface area contributed by atoms with Crippen molar-refractivity contribution in [3.05, 3.63) is 0 Å². The molecule has 0 aliphatic carbocycles. The van der Waals surface area contributed by atoms with Gasteiger partial charge in [0.15, 0.2) is 0 Å². The number of hydrogen-bond acceptors (Lipinski definition) is 2. The van der Waals surface area contributed by atoms with Gasteiger partial charge in [0.1, 0.15) is 0 Å². The summed E-state index contributed by atoms with van der Waals surface area (Å²) >= 11 is 0. The Balaban J connectivity index is 3.59. The summed E-state index contributed by atoms with van der Waals surface area (Å²) in [4.78, 5) is 0. The van der Waals surface area contributed by atoms with E-state index in [4.69, 9.17) is 4.74 Å². The summed E-state index contributed by atoms with van der Waals surface area (Å²) in [6.45, 7) is 2.68. The highest BCUT2D eigenvalue weighted by Crippen LogP contribution is 2.22. The van der Waals surface area contributed by atoms with Crippen molar-refractivity contribution >= 4 is 0 Å². The maximum Gasteiger partial charge on any atom is 0.389 e. The monoisotopic (exact) mass is 199 g/mol. The van der Waals surface area contributed by atoms with Gasteiger partial charge in [-0.2, -0.15) is 13.2 Å². The molecule has 0 aromatic heterocycles. The predicted molar refractivity (Wildman–Crippen MR) is 44.6 cm³/mol. The van der Waals surface area contributed by atoms with Crippen LogP contribution in [0.15, 0.2) is 0 Å². The summed E-state index contributed by atoms with van der Waals surface area (Å²) in [5, 5.41) is 2.78. The van der Waals surface area contributed by atoms with Gasteiger partial charge in [0.2, 0.25) is 0 Å². The predicted octanol–water partition coefficient (Wildman–Crippen LogP) is 1.95. The maximum atomic E-state index is 11.8. The number of halogens is 3. The molecule has 13 heavy (non-hydrogen) atoms. The Hall–Kier alpha value is -0.290. The molecule has 5 heteroatoms. The molecule has 0 bridgehead atoms. The van der Waals surface area contributed by atoms with Crippen LogP contribution < -0.4 is 5.32 Å². The Kier molecular flexibility index (Phi) is 6.07. The fourth-order valence-corrected chi connectivity index (χ4v) is 0.909. The molecule has 0 spiro atoms. The zero-order chi connectivity index (χ0) is 10.3. The lowest BCUT2D eigenvalue weighted by Gasteiger charge is -2.16. The van der Waals surface area contributed by atoms with Gasteiger partial charge in [0.05, 0.1) is 6.61 Å². The topological polar surface area (TPSA) is 21.3 Å². The van der Waals surface area contributed by atoms with Crippen LogP contribution in [0.2, 0.25) is 0 Å². The minimum absolute atomic E-state index is 0.0694. The SMILES string of the molecule is CCOCC(CCC(F)(F)F)NC. The van der Waals surface area contributed by atoms with Crippen molar-refractivity contribution in [2.24, 2.45) is 0 Å². The van der Waals surface area contributed by atoms with E-state index in [1.807, 2.05) is 6.92 Å². The zero-order valence-corrected chi connectivity index (χ0v) is 7.95. The molecule has 0 aliphatic rings. The summed E-state index contributed by atoms with van der Waals surface area (Å²) in [7, 11) is 1.64. The molecule has 0 rings (SSSR count). The molecule has 0 aliphatic heterocycles. The fraction of sp³-hybridized carbons (Fsp3) is 1.00. The van der Waals surface area contributed by atoms with Gasteiger partial charge >= 0.3 is 6.18 Å². The molecule has 80 valence electrons. The number of alkyl halides is 3. The average molecular weight is 199 g/mol. The van der Waals surface area contributed by atoms with E-state index in [1.54, 1.807) is 7.05 Å². The van der Waals surface area contributed by atoms with Crippen LogP contribution in [0.5, 0.6) is 0 Å². The lowest BCUT2D eigenvalue weighted by molar-refractivity contribution is -0.137. The number of ether oxygens (including phenoxy) is 1. The Morgan fingerprint density at radius 2 is 2.00 bits per heavy atom. The van der Waals surface area contributed by atoms with Crippen molar-refractivity contribution in [2.45, 2.75) is 32.0 Å². The molecule has 0 radical (unpaired) electrons. The minimum atomic E-state index is -4.07. The van der Waals surface area contributed by atoms with Crippen molar-refractivity contribution in [2.75, 3.05) is 20.3 Å². The van der Waals surface area contributed by atoms with Crippen molar-refractivity contribution in [1.82, 2.24) is 5.32 Å². The van der Waals surface area contributed by atoms with Crippen LogP contribution in [-0.4, -0.2) is 32.5 Å². The number of hydrogen-bond donors (Lipinski definition) is 1. The first-order valence-electron chi connectivity index (χ1n) is 4.31. The summed E-state index contributed by atoms with van der Waals surface area (Å²) in [5.41, 5.74) is 0. The van der Waals surface area contributed by atoms with Crippen molar-refractivity contribution in [3.63, 3.8) is 0 Å². The lowest BCUT2D eigenvalue weighted by atomic mass is 10.1. The molecule has 0 fully saturated rings.